The number of aromatic nitrogens is 3. The van der Waals surface area contributed by atoms with Gasteiger partial charge in [0.1, 0.15) is 18.1 Å². The fourth-order valence-electron chi connectivity index (χ4n) is 2.08. The minimum absolute atomic E-state index is 0.0200. The molecule has 1 amide bonds. The fourth-order valence-corrected chi connectivity index (χ4v) is 2.08. The third-order valence-electron chi connectivity index (χ3n) is 3.12. The Kier molecular flexibility index (Phi) is 3.27. The summed E-state index contributed by atoms with van der Waals surface area (Å²) in [5.41, 5.74) is 0.598. The van der Waals surface area contributed by atoms with E-state index in [4.69, 9.17) is 4.74 Å². The largest absolute Gasteiger partial charge is 0.497 e. The lowest BCUT2D eigenvalue weighted by atomic mass is 10.1. The first-order chi connectivity index (χ1) is 10.2. The maximum absolute atomic E-state index is 12.2. The quantitative estimate of drug-likeness (QED) is 0.864. The molecular weight excluding hydrogens is 274 g/mol. The number of rotatable bonds is 3. The van der Waals surface area contributed by atoms with E-state index in [1.807, 2.05) is 0 Å². The zero-order valence-corrected chi connectivity index (χ0v) is 11.2. The van der Waals surface area contributed by atoms with Crippen LogP contribution in [0.15, 0.2) is 30.6 Å². The molecule has 21 heavy (non-hydrogen) atoms. The number of benzene rings is 1. The lowest BCUT2D eigenvalue weighted by molar-refractivity contribution is -0.117. The standard InChI is InChI=1S/C13H13N5O3/c1-21-9-4-2-3-8(5-9)16-12(20)10-6-11(19)18-13(17-10)14-7-15-18/h2-5,7,10H,6H2,1H3,(H,16,20)(H,14,15,17)/t10-/m0/s1. The molecule has 2 aromatic rings. The number of ether oxygens (including phenoxy) is 1. The molecule has 1 atom stereocenters. The van der Waals surface area contributed by atoms with Crippen LogP contribution in [0.2, 0.25) is 0 Å². The van der Waals surface area contributed by atoms with Gasteiger partial charge in [0.15, 0.2) is 0 Å². The molecule has 0 spiro atoms. The summed E-state index contributed by atoms with van der Waals surface area (Å²) in [7, 11) is 1.55. The number of hydrogen-bond donors (Lipinski definition) is 2. The zero-order valence-electron chi connectivity index (χ0n) is 11.2. The Morgan fingerprint density at radius 1 is 1.52 bits per heavy atom. The minimum atomic E-state index is -0.680. The summed E-state index contributed by atoms with van der Waals surface area (Å²) in [6.45, 7) is 0. The van der Waals surface area contributed by atoms with Gasteiger partial charge in [-0.1, -0.05) is 6.07 Å². The van der Waals surface area contributed by atoms with Crippen molar-refractivity contribution in [2.75, 3.05) is 17.7 Å². The molecule has 0 unspecified atom stereocenters. The van der Waals surface area contributed by atoms with Crippen molar-refractivity contribution < 1.29 is 14.3 Å². The number of hydrogen-bond acceptors (Lipinski definition) is 6. The highest BCUT2D eigenvalue weighted by Crippen LogP contribution is 2.19. The van der Waals surface area contributed by atoms with E-state index in [0.29, 0.717) is 11.4 Å². The van der Waals surface area contributed by atoms with Crippen molar-refractivity contribution in [3.63, 3.8) is 0 Å². The van der Waals surface area contributed by atoms with E-state index in [2.05, 4.69) is 20.7 Å². The Morgan fingerprint density at radius 3 is 3.19 bits per heavy atom. The van der Waals surface area contributed by atoms with Crippen molar-refractivity contribution in [1.82, 2.24) is 14.8 Å². The summed E-state index contributed by atoms with van der Waals surface area (Å²) in [5, 5.41) is 9.40. The van der Waals surface area contributed by atoms with Gasteiger partial charge in [0.2, 0.25) is 11.9 Å². The lowest BCUT2D eigenvalue weighted by Crippen LogP contribution is -2.42. The van der Waals surface area contributed by atoms with E-state index in [1.165, 1.54) is 6.33 Å². The van der Waals surface area contributed by atoms with Crippen LogP contribution in [0.4, 0.5) is 11.6 Å². The number of fused-ring (bicyclic) bond motifs is 1. The van der Waals surface area contributed by atoms with Crippen LogP contribution in [-0.4, -0.2) is 39.7 Å². The zero-order chi connectivity index (χ0) is 14.8. The van der Waals surface area contributed by atoms with E-state index in [9.17, 15) is 9.59 Å². The second kappa shape index (κ2) is 5.23. The third kappa shape index (κ3) is 2.55. The lowest BCUT2D eigenvalue weighted by Gasteiger charge is -2.22. The topological polar surface area (TPSA) is 98.1 Å². The number of methoxy groups -OCH3 is 1. The van der Waals surface area contributed by atoms with Crippen LogP contribution in [0.1, 0.15) is 11.2 Å². The van der Waals surface area contributed by atoms with Gasteiger partial charge in [-0.15, -0.1) is 0 Å². The smallest absolute Gasteiger partial charge is 0.252 e. The van der Waals surface area contributed by atoms with Crippen molar-refractivity contribution in [1.29, 1.82) is 0 Å². The van der Waals surface area contributed by atoms with Gasteiger partial charge in [-0.05, 0) is 12.1 Å². The maximum atomic E-state index is 12.2. The molecule has 0 bridgehead atoms. The van der Waals surface area contributed by atoms with Gasteiger partial charge >= 0.3 is 0 Å². The third-order valence-corrected chi connectivity index (χ3v) is 3.12. The molecule has 0 saturated carbocycles. The highest BCUT2D eigenvalue weighted by Gasteiger charge is 2.30. The van der Waals surface area contributed by atoms with Gasteiger partial charge in [-0.3, -0.25) is 9.59 Å². The van der Waals surface area contributed by atoms with Crippen LogP contribution < -0.4 is 15.4 Å². The Bertz CT molecular complexity index is 697. The number of carbonyl (C=O) groups is 2. The second-order valence-electron chi connectivity index (χ2n) is 4.51. The van der Waals surface area contributed by atoms with Gasteiger partial charge in [-0.25, -0.2) is 0 Å². The molecule has 2 heterocycles. The Morgan fingerprint density at radius 2 is 2.38 bits per heavy atom. The van der Waals surface area contributed by atoms with Crippen LogP contribution >= 0.6 is 0 Å². The second-order valence-corrected chi connectivity index (χ2v) is 4.51. The van der Waals surface area contributed by atoms with Crippen molar-refractivity contribution >= 4 is 23.5 Å². The van der Waals surface area contributed by atoms with E-state index in [0.717, 1.165) is 4.68 Å². The number of amides is 1. The Balaban J connectivity index is 1.73. The van der Waals surface area contributed by atoms with E-state index in [-0.39, 0.29) is 24.2 Å². The monoisotopic (exact) mass is 287 g/mol. The Labute approximate surface area is 120 Å². The molecule has 1 aliphatic heterocycles. The van der Waals surface area contributed by atoms with Crippen molar-refractivity contribution in [3.8, 4) is 5.75 Å². The highest BCUT2D eigenvalue weighted by atomic mass is 16.5. The molecule has 1 aromatic carbocycles. The fraction of sp³-hybridized carbons (Fsp3) is 0.231. The number of carbonyl (C=O) groups excluding carboxylic acids is 2. The first-order valence-electron chi connectivity index (χ1n) is 6.32. The van der Waals surface area contributed by atoms with Gasteiger partial charge in [0, 0.05) is 11.8 Å². The summed E-state index contributed by atoms with van der Waals surface area (Å²) in [4.78, 5) is 27.9. The van der Waals surface area contributed by atoms with Crippen molar-refractivity contribution in [3.05, 3.63) is 30.6 Å². The van der Waals surface area contributed by atoms with Gasteiger partial charge in [-0.2, -0.15) is 14.8 Å². The molecule has 0 saturated heterocycles. The summed E-state index contributed by atoms with van der Waals surface area (Å²) >= 11 is 0. The molecule has 2 N–H and O–H groups in total. The first kappa shape index (κ1) is 13.1. The Hall–Kier alpha value is -2.90. The van der Waals surface area contributed by atoms with Gasteiger partial charge < -0.3 is 15.4 Å². The average molecular weight is 287 g/mol. The van der Waals surface area contributed by atoms with E-state index < -0.39 is 6.04 Å². The van der Waals surface area contributed by atoms with Crippen molar-refractivity contribution in [2.24, 2.45) is 0 Å². The van der Waals surface area contributed by atoms with Crippen molar-refractivity contribution in [2.45, 2.75) is 12.5 Å². The summed E-state index contributed by atoms with van der Waals surface area (Å²) < 4.78 is 6.24. The van der Waals surface area contributed by atoms with E-state index in [1.54, 1.807) is 31.4 Å². The first-order valence-corrected chi connectivity index (χ1v) is 6.32. The van der Waals surface area contributed by atoms with Gasteiger partial charge in [0.05, 0.1) is 13.5 Å². The molecule has 8 nitrogen and oxygen atoms in total. The van der Waals surface area contributed by atoms with Gasteiger partial charge in [0.25, 0.3) is 5.91 Å². The SMILES string of the molecule is COc1cccc(NC(=O)[C@@H]2CC(=O)n3ncnc3N2)c1. The molecule has 3 rings (SSSR count). The number of nitrogens with one attached hydrogen (secondary N) is 2. The molecular formula is C13H13N5O3. The summed E-state index contributed by atoms with van der Waals surface area (Å²) in [6.07, 6.45) is 1.29. The summed E-state index contributed by atoms with van der Waals surface area (Å²) in [6, 6.07) is 6.31. The molecule has 0 fully saturated rings. The van der Waals surface area contributed by atoms with Crippen LogP contribution in [0.5, 0.6) is 5.75 Å². The van der Waals surface area contributed by atoms with Crippen LogP contribution in [0.25, 0.3) is 0 Å². The van der Waals surface area contributed by atoms with Crippen LogP contribution in [-0.2, 0) is 4.79 Å². The summed E-state index contributed by atoms with van der Waals surface area (Å²) in [5.74, 6) is 0.329. The van der Waals surface area contributed by atoms with E-state index >= 15 is 0 Å². The predicted octanol–water partition coefficient (Wildman–Crippen LogP) is 0.750. The van der Waals surface area contributed by atoms with Crippen LogP contribution in [0.3, 0.4) is 0 Å². The maximum Gasteiger partial charge on any atom is 0.252 e. The predicted molar refractivity (Wildman–Crippen MR) is 74.3 cm³/mol. The molecule has 1 aromatic heterocycles. The minimum Gasteiger partial charge on any atom is -0.497 e. The van der Waals surface area contributed by atoms with Crippen LogP contribution in [0, 0.1) is 0 Å². The highest BCUT2D eigenvalue weighted by molar-refractivity contribution is 6.01. The molecule has 0 aliphatic carbocycles. The molecule has 108 valence electrons. The number of anilines is 2. The molecule has 8 heteroatoms. The molecule has 1 aliphatic rings. The molecule has 0 radical (unpaired) electrons. The normalized spacial score (nSPS) is 16.8. The number of nitrogens with zero attached hydrogens (tertiary/aromatic N) is 3. The average Bonchev–Trinajstić information content (AvgIpc) is 2.96.